The fourth-order valence-electron chi connectivity index (χ4n) is 8.66. The molecule has 1 nitrogen and oxygen atoms in total. The molecule has 0 amide bonds. The maximum absolute atomic E-state index is 2.43. The molecular formula is C56H37NS. The number of anilines is 3. The molecule has 0 atom stereocenters. The van der Waals surface area contributed by atoms with Crippen LogP contribution < -0.4 is 4.90 Å². The molecule has 272 valence electrons. The second kappa shape index (κ2) is 14.4. The molecule has 1 heterocycles. The summed E-state index contributed by atoms with van der Waals surface area (Å²) < 4.78 is 2.61. The van der Waals surface area contributed by atoms with Gasteiger partial charge in [0, 0.05) is 37.1 Å². The van der Waals surface area contributed by atoms with E-state index in [1.54, 1.807) is 0 Å². The van der Waals surface area contributed by atoms with E-state index in [2.05, 4.69) is 229 Å². The van der Waals surface area contributed by atoms with Crippen LogP contribution in [0.15, 0.2) is 224 Å². The van der Waals surface area contributed by atoms with Gasteiger partial charge in [-0.3, -0.25) is 0 Å². The van der Waals surface area contributed by atoms with Crippen molar-refractivity contribution < 1.29 is 0 Å². The molecule has 11 rings (SSSR count). The molecule has 0 N–H and O–H groups in total. The van der Waals surface area contributed by atoms with Crippen molar-refractivity contribution in [3.8, 4) is 44.5 Å². The molecule has 0 radical (unpaired) electrons. The first-order valence-corrected chi connectivity index (χ1v) is 20.6. The van der Waals surface area contributed by atoms with Crippen molar-refractivity contribution in [2.75, 3.05) is 4.90 Å². The lowest BCUT2D eigenvalue weighted by Gasteiger charge is -2.28. The molecule has 0 spiro atoms. The Kier molecular flexibility index (Phi) is 8.42. The minimum atomic E-state index is 1.10. The molecule has 0 bridgehead atoms. The maximum atomic E-state index is 2.43. The number of nitrogens with zero attached hydrogens (tertiary/aromatic N) is 1. The Bertz CT molecular complexity index is 3290. The molecule has 0 saturated carbocycles. The van der Waals surface area contributed by atoms with Gasteiger partial charge in [-0.1, -0.05) is 176 Å². The summed E-state index contributed by atoms with van der Waals surface area (Å²) in [4.78, 5) is 2.43. The van der Waals surface area contributed by atoms with Crippen LogP contribution in [0.5, 0.6) is 0 Å². The van der Waals surface area contributed by atoms with E-state index in [0.29, 0.717) is 0 Å². The van der Waals surface area contributed by atoms with Crippen molar-refractivity contribution in [1.82, 2.24) is 0 Å². The zero-order valence-corrected chi connectivity index (χ0v) is 32.5. The predicted octanol–water partition coefficient (Wildman–Crippen LogP) is 16.5. The van der Waals surface area contributed by atoms with E-state index in [9.17, 15) is 0 Å². The van der Waals surface area contributed by atoms with Gasteiger partial charge in [0.25, 0.3) is 0 Å². The molecule has 58 heavy (non-hydrogen) atoms. The Balaban J connectivity index is 1.07. The third-order valence-electron chi connectivity index (χ3n) is 11.5. The molecule has 0 aliphatic carbocycles. The van der Waals surface area contributed by atoms with E-state index in [0.717, 1.165) is 17.1 Å². The molecule has 1 aromatic heterocycles. The fourth-order valence-corrected chi connectivity index (χ4v) is 9.80. The molecule has 0 fully saturated rings. The first kappa shape index (κ1) is 34.0. The molecule has 0 saturated heterocycles. The van der Waals surface area contributed by atoms with Crippen LogP contribution in [-0.4, -0.2) is 0 Å². The number of hydrogen-bond acceptors (Lipinski definition) is 2. The molecule has 11 aromatic rings. The quantitative estimate of drug-likeness (QED) is 0.157. The van der Waals surface area contributed by atoms with Crippen molar-refractivity contribution >= 4 is 70.1 Å². The predicted molar refractivity (Wildman–Crippen MR) is 251 cm³/mol. The van der Waals surface area contributed by atoms with Crippen molar-refractivity contribution in [3.05, 3.63) is 224 Å². The normalized spacial score (nSPS) is 11.4. The Morgan fingerprint density at radius 3 is 1.69 bits per heavy atom. The zero-order valence-electron chi connectivity index (χ0n) is 31.7. The second-order valence-electron chi connectivity index (χ2n) is 14.9. The second-order valence-corrected chi connectivity index (χ2v) is 16.0. The van der Waals surface area contributed by atoms with Gasteiger partial charge in [0.05, 0.1) is 5.69 Å². The lowest BCUT2D eigenvalue weighted by atomic mass is 9.93. The average molecular weight is 756 g/mol. The minimum absolute atomic E-state index is 1.10. The van der Waals surface area contributed by atoms with E-state index >= 15 is 0 Å². The summed E-state index contributed by atoms with van der Waals surface area (Å²) >= 11 is 1.86. The Morgan fingerprint density at radius 1 is 0.276 bits per heavy atom. The molecule has 0 aliphatic heterocycles. The van der Waals surface area contributed by atoms with Gasteiger partial charge < -0.3 is 4.90 Å². The van der Waals surface area contributed by atoms with E-state index in [1.165, 1.54) is 86.2 Å². The first-order valence-electron chi connectivity index (χ1n) is 19.8. The highest BCUT2D eigenvalue weighted by molar-refractivity contribution is 7.25. The van der Waals surface area contributed by atoms with Crippen LogP contribution in [0.2, 0.25) is 0 Å². The number of fused-ring (bicyclic) bond motifs is 5. The van der Waals surface area contributed by atoms with Crippen LogP contribution in [0, 0.1) is 0 Å². The summed E-state index contributed by atoms with van der Waals surface area (Å²) in [5.74, 6) is 0. The van der Waals surface area contributed by atoms with Crippen LogP contribution in [-0.2, 0) is 0 Å². The van der Waals surface area contributed by atoms with Gasteiger partial charge in [-0.2, -0.15) is 0 Å². The van der Waals surface area contributed by atoms with Crippen LogP contribution in [0.1, 0.15) is 0 Å². The SMILES string of the molecule is c1cc(-c2ccccc2-c2ccc3ccccc3c2)cc(N(c2ccc(-c3cccc4ccccc34)cc2)c2ccccc2-c2ccc3c(c2)sc2ccccc23)c1. The Morgan fingerprint density at radius 2 is 0.845 bits per heavy atom. The van der Waals surface area contributed by atoms with Crippen molar-refractivity contribution in [1.29, 1.82) is 0 Å². The van der Waals surface area contributed by atoms with Gasteiger partial charge in [0.2, 0.25) is 0 Å². The summed E-state index contributed by atoms with van der Waals surface area (Å²) in [6.07, 6.45) is 0. The fraction of sp³-hybridized carbons (Fsp3) is 0. The van der Waals surface area contributed by atoms with Crippen LogP contribution in [0.25, 0.3) is 86.2 Å². The first-order chi connectivity index (χ1) is 28.7. The lowest BCUT2D eigenvalue weighted by Crippen LogP contribution is -2.11. The third-order valence-corrected chi connectivity index (χ3v) is 12.6. The number of para-hydroxylation sites is 1. The average Bonchev–Trinajstić information content (AvgIpc) is 3.67. The largest absolute Gasteiger partial charge is 0.310 e. The number of benzene rings is 10. The van der Waals surface area contributed by atoms with Gasteiger partial charge in [0.15, 0.2) is 0 Å². The van der Waals surface area contributed by atoms with E-state index in [1.807, 2.05) is 11.3 Å². The van der Waals surface area contributed by atoms with Crippen molar-refractivity contribution in [2.45, 2.75) is 0 Å². The molecule has 0 aliphatic rings. The van der Waals surface area contributed by atoms with E-state index in [-0.39, 0.29) is 0 Å². The van der Waals surface area contributed by atoms with Crippen LogP contribution in [0.4, 0.5) is 17.1 Å². The monoisotopic (exact) mass is 755 g/mol. The smallest absolute Gasteiger partial charge is 0.0540 e. The number of rotatable bonds is 7. The third kappa shape index (κ3) is 6.03. The summed E-state index contributed by atoms with van der Waals surface area (Å²) in [7, 11) is 0. The van der Waals surface area contributed by atoms with Crippen molar-refractivity contribution in [3.63, 3.8) is 0 Å². The highest BCUT2D eigenvalue weighted by Gasteiger charge is 2.20. The highest BCUT2D eigenvalue weighted by Crippen LogP contribution is 2.45. The van der Waals surface area contributed by atoms with Gasteiger partial charge in [0.1, 0.15) is 0 Å². The summed E-state index contributed by atoms with van der Waals surface area (Å²) in [6, 6.07) is 82.0. The van der Waals surface area contributed by atoms with Gasteiger partial charge in [-0.15, -0.1) is 11.3 Å². The molecular weight excluding hydrogens is 719 g/mol. The van der Waals surface area contributed by atoms with Gasteiger partial charge in [-0.25, -0.2) is 0 Å². The van der Waals surface area contributed by atoms with Crippen molar-refractivity contribution in [2.24, 2.45) is 0 Å². The standard InChI is InChI=1S/C56H37NS/c1-2-15-41-35-43(28-27-38(41)13-1)50-21-6-5-20-49(50)42-17-11-18-46(36-42)57(45-32-29-40(30-33-45)48-24-12-16-39-14-3-4-19-47(39)48)54-25-9-7-22-51(54)44-31-34-53-52-23-8-10-26-55(52)58-56(53)37-44/h1-37H. The summed E-state index contributed by atoms with van der Waals surface area (Å²) in [6.45, 7) is 0. The van der Waals surface area contributed by atoms with E-state index in [4.69, 9.17) is 0 Å². The lowest BCUT2D eigenvalue weighted by molar-refractivity contribution is 1.28. The highest BCUT2D eigenvalue weighted by atomic mass is 32.1. The van der Waals surface area contributed by atoms with Gasteiger partial charge >= 0.3 is 0 Å². The topological polar surface area (TPSA) is 3.24 Å². The Hall–Kier alpha value is -7.26. The van der Waals surface area contributed by atoms with Gasteiger partial charge in [-0.05, 0) is 109 Å². The zero-order chi connectivity index (χ0) is 38.4. The van der Waals surface area contributed by atoms with Crippen LogP contribution in [0.3, 0.4) is 0 Å². The number of thiophene rings is 1. The number of hydrogen-bond donors (Lipinski definition) is 0. The molecule has 2 heteroatoms. The van der Waals surface area contributed by atoms with E-state index < -0.39 is 0 Å². The minimum Gasteiger partial charge on any atom is -0.310 e. The molecule has 0 unspecified atom stereocenters. The van der Waals surface area contributed by atoms with Crippen LogP contribution >= 0.6 is 11.3 Å². The summed E-state index contributed by atoms with van der Waals surface area (Å²) in [5.41, 5.74) is 12.9. The Labute approximate surface area is 342 Å². The summed E-state index contributed by atoms with van der Waals surface area (Å²) in [5, 5.41) is 7.62. The maximum Gasteiger partial charge on any atom is 0.0540 e. The molecule has 10 aromatic carbocycles.